The molecule has 2 rings (SSSR count). The summed E-state index contributed by atoms with van der Waals surface area (Å²) in [5.74, 6) is 0.319. The third kappa shape index (κ3) is 5.67. The Morgan fingerprint density at radius 3 is 2.63 bits per heavy atom. The van der Waals surface area contributed by atoms with E-state index in [1.54, 1.807) is 0 Å². The third-order valence-corrected chi connectivity index (χ3v) is 3.31. The molecule has 1 saturated heterocycles. The summed E-state index contributed by atoms with van der Waals surface area (Å²) in [4.78, 5) is 5.35. The molecule has 7 heteroatoms. The lowest BCUT2D eigenvalue weighted by Crippen LogP contribution is -2.22. The minimum Gasteiger partial charge on any atom is -0.391 e. The molecule has 1 aliphatic rings. The van der Waals surface area contributed by atoms with Gasteiger partial charge in [-0.1, -0.05) is 33.2 Å². The molecule has 1 aliphatic heterocycles. The zero-order chi connectivity index (χ0) is 12.1. The first-order chi connectivity index (χ1) is 8.29. The van der Waals surface area contributed by atoms with Gasteiger partial charge in [-0.05, 0) is 17.7 Å². The van der Waals surface area contributed by atoms with Crippen molar-refractivity contribution < 1.29 is 4.84 Å². The predicted molar refractivity (Wildman–Crippen MR) is 86.3 cm³/mol. The van der Waals surface area contributed by atoms with E-state index >= 15 is 0 Å². The summed E-state index contributed by atoms with van der Waals surface area (Å²) in [6, 6.07) is 8.01. The molecule has 0 amide bonds. The SMILES string of the molecule is Cl.Cl.NCC1CNCC1=NOCc1ccc(Br)cc1. The van der Waals surface area contributed by atoms with E-state index < -0.39 is 0 Å². The van der Waals surface area contributed by atoms with Crippen molar-refractivity contribution in [2.75, 3.05) is 19.6 Å². The van der Waals surface area contributed by atoms with Crippen LogP contribution in [-0.4, -0.2) is 25.3 Å². The Balaban J connectivity index is 0.00000162. The highest BCUT2D eigenvalue weighted by Gasteiger charge is 2.21. The van der Waals surface area contributed by atoms with Crippen molar-refractivity contribution in [2.24, 2.45) is 16.8 Å². The van der Waals surface area contributed by atoms with Gasteiger partial charge in [0.05, 0.1) is 5.71 Å². The van der Waals surface area contributed by atoms with Gasteiger partial charge in [0, 0.05) is 30.0 Å². The van der Waals surface area contributed by atoms with Crippen LogP contribution < -0.4 is 11.1 Å². The van der Waals surface area contributed by atoms with Gasteiger partial charge in [0.1, 0.15) is 6.61 Å². The number of hydrogen-bond donors (Lipinski definition) is 2. The van der Waals surface area contributed by atoms with Crippen LogP contribution in [0.5, 0.6) is 0 Å². The molecule has 1 aromatic rings. The average molecular weight is 371 g/mol. The number of hydrogen-bond acceptors (Lipinski definition) is 4. The smallest absolute Gasteiger partial charge is 0.142 e. The lowest BCUT2D eigenvalue weighted by Gasteiger charge is -2.06. The van der Waals surface area contributed by atoms with Gasteiger partial charge in [-0.3, -0.25) is 0 Å². The van der Waals surface area contributed by atoms with Crippen molar-refractivity contribution in [1.82, 2.24) is 5.32 Å². The van der Waals surface area contributed by atoms with Gasteiger partial charge >= 0.3 is 0 Å². The number of halogens is 3. The van der Waals surface area contributed by atoms with Crippen molar-refractivity contribution in [3.8, 4) is 0 Å². The first-order valence-corrected chi connectivity index (χ1v) is 6.43. The number of rotatable bonds is 4. The number of oxime groups is 1. The summed E-state index contributed by atoms with van der Waals surface area (Å²) in [7, 11) is 0. The van der Waals surface area contributed by atoms with Gasteiger partial charge in [-0.25, -0.2) is 0 Å². The molecular formula is C12H18BrCl2N3O. The van der Waals surface area contributed by atoms with Crippen molar-refractivity contribution in [3.05, 3.63) is 34.3 Å². The van der Waals surface area contributed by atoms with Crippen LogP contribution in [0.4, 0.5) is 0 Å². The van der Waals surface area contributed by atoms with Crippen LogP contribution in [0, 0.1) is 5.92 Å². The summed E-state index contributed by atoms with van der Waals surface area (Å²) < 4.78 is 1.07. The Bertz CT molecular complexity index is 400. The van der Waals surface area contributed by atoms with E-state index in [0.29, 0.717) is 19.1 Å². The largest absolute Gasteiger partial charge is 0.391 e. The quantitative estimate of drug-likeness (QED) is 0.799. The van der Waals surface area contributed by atoms with E-state index in [1.165, 1.54) is 0 Å². The lowest BCUT2D eigenvalue weighted by atomic mass is 10.1. The molecule has 3 N–H and O–H groups in total. The van der Waals surface area contributed by atoms with E-state index in [-0.39, 0.29) is 24.8 Å². The highest BCUT2D eigenvalue weighted by molar-refractivity contribution is 9.10. The van der Waals surface area contributed by atoms with Crippen molar-refractivity contribution in [3.63, 3.8) is 0 Å². The van der Waals surface area contributed by atoms with Crippen LogP contribution >= 0.6 is 40.7 Å². The van der Waals surface area contributed by atoms with Gasteiger partial charge in [-0.2, -0.15) is 0 Å². The highest BCUT2D eigenvalue weighted by atomic mass is 79.9. The number of nitrogens with one attached hydrogen (secondary N) is 1. The van der Waals surface area contributed by atoms with Crippen molar-refractivity contribution >= 4 is 46.5 Å². The molecule has 0 aromatic heterocycles. The molecule has 1 unspecified atom stereocenters. The average Bonchev–Trinajstić information content (AvgIpc) is 2.79. The Morgan fingerprint density at radius 1 is 1.32 bits per heavy atom. The Labute approximate surface area is 134 Å². The maximum absolute atomic E-state index is 5.64. The minimum absolute atomic E-state index is 0. The molecule has 1 atom stereocenters. The molecule has 1 fully saturated rings. The van der Waals surface area contributed by atoms with Gasteiger partial charge in [0.2, 0.25) is 0 Å². The van der Waals surface area contributed by atoms with Gasteiger partial charge in [-0.15, -0.1) is 24.8 Å². The number of nitrogens with zero attached hydrogens (tertiary/aromatic N) is 1. The zero-order valence-corrected chi connectivity index (χ0v) is 13.6. The standard InChI is InChI=1S/C12H16BrN3O.2ClH/c13-11-3-1-9(2-4-11)8-17-16-12-7-15-6-10(12)5-14;;/h1-4,10,15H,5-8,14H2;2*1H. The minimum atomic E-state index is 0. The van der Waals surface area contributed by atoms with Crippen molar-refractivity contribution in [1.29, 1.82) is 0 Å². The molecule has 4 nitrogen and oxygen atoms in total. The second kappa shape index (κ2) is 9.55. The maximum Gasteiger partial charge on any atom is 0.142 e. The Hall–Kier alpha value is -0.330. The molecule has 1 heterocycles. The Kier molecular flexibility index (Phi) is 9.39. The zero-order valence-electron chi connectivity index (χ0n) is 10.3. The highest BCUT2D eigenvalue weighted by Crippen LogP contribution is 2.11. The molecule has 0 radical (unpaired) electrons. The maximum atomic E-state index is 5.64. The monoisotopic (exact) mass is 369 g/mol. The molecule has 0 aliphatic carbocycles. The number of nitrogens with two attached hydrogens (primary N) is 1. The molecule has 0 saturated carbocycles. The van der Waals surface area contributed by atoms with E-state index in [0.717, 1.165) is 28.8 Å². The summed E-state index contributed by atoms with van der Waals surface area (Å²) in [6.45, 7) is 2.79. The van der Waals surface area contributed by atoms with Crippen LogP contribution in [0.15, 0.2) is 33.9 Å². The second-order valence-electron chi connectivity index (χ2n) is 4.05. The normalized spacial score (nSPS) is 19.7. The lowest BCUT2D eigenvalue weighted by molar-refractivity contribution is 0.129. The van der Waals surface area contributed by atoms with Crippen LogP contribution in [0.3, 0.4) is 0 Å². The van der Waals surface area contributed by atoms with Gasteiger partial charge in [0.25, 0.3) is 0 Å². The fraction of sp³-hybridized carbons (Fsp3) is 0.417. The first kappa shape index (κ1) is 18.7. The van der Waals surface area contributed by atoms with Gasteiger partial charge in [0.15, 0.2) is 0 Å². The summed E-state index contributed by atoms with van der Waals surface area (Å²) in [5, 5.41) is 7.39. The molecule has 108 valence electrons. The fourth-order valence-corrected chi connectivity index (χ4v) is 2.00. The fourth-order valence-electron chi connectivity index (χ4n) is 1.73. The van der Waals surface area contributed by atoms with E-state index in [1.807, 2.05) is 24.3 Å². The summed E-state index contributed by atoms with van der Waals surface area (Å²) in [5.41, 5.74) is 7.76. The molecule has 19 heavy (non-hydrogen) atoms. The van der Waals surface area contributed by atoms with Gasteiger partial charge < -0.3 is 15.9 Å². The molecular weight excluding hydrogens is 353 g/mol. The van der Waals surface area contributed by atoms with Crippen LogP contribution in [0.2, 0.25) is 0 Å². The van der Waals surface area contributed by atoms with E-state index in [4.69, 9.17) is 10.6 Å². The summed E-state index contributed by atoms with van der Waals surface area (Å²) >= 11 is 3.39. The molecule has 0 spiro atoms. The van der Waals surface area contributed by atoms with E-state index in [2.05, 4.69) is 26.4 Å². The predicted octanol–water partition coefficient (Wildman–Crippen LogP) is 2.34. The second-order valence-corrected chi connectivity index (χ2v) is 4.96. The summed E-state index contributed by atoms with van der Waals surface area (Å²) in [6.07, 6.45) is 0. The Morgan fingerprint density at radius 2 is 2.00 bits per heavy atom. The van der Waals surface area contributed by atoms with Crippen LogP contribution in [0.25, 0.3) is 0 Å². The first-order valence-electron chi connectivity index (χ1n) is 5.63. The third-order valence-electron chi connectivity index (χ3n) is 2.78. The van der Waals surface area contributed by atoms with E-state index in [9.17, 15) is 0 Å². The van der Waals surface area contributed by atoms with Crippen LogP contribution in [-0.2, 0) is 11.4 Å². The topological polar surface area (TPSA) is 59.6 Å². The molecule has 0 bridgehead atoms. The van der Waals surface area contributed by atoms with Crippen molar-refractivity contribution in [2.45, 2.75) is 6.61 Å². The molecule has 1 aromatic carbocycles. The van der Waals surface area contributed by atoms with Crippen LogP contribution in [0.1, 0.15) is 5.56 Å². The number of benzene rings is 1.